The van der Waals surface area contributed by atoms with Gasteiger partial charge in [0.2, 0.25) is 0 Å². The van der Waals surface area contributed by atoms with Gasteiger partial charge in [-0.2, -0.15) is 0 Å². The first-order chi connectivity index (χ1) is 16.2. The van der Waals surface area contributed by atoms with Gasteiger partial charge in [-0.1, -0.05) is 44.2 Å². The molecular formula is C27H40N4O2. The third-order valence-corrected chi connectivity index (χ3v) is 8.22. The summed E-state index contributed by atoms with van der Waals surface area (Å²) < 4.78 is 7.46. The lowest BCUT2D eigenvalue weighted by Gasteiger charge is -2.39. The van der Waals surface area contributed by atoms with E-state index >= 15 is 0 Å². The van der Waals surface area contributed by atoms with E-state index in [0.29, 0.717) is 11.7 Å². The average Bonchev–Trinajstić information content (AvgIpc) is 3.27. The number of anilines is 1. The fourth-order valence-electron chi connectivity index (χ4n) is 6.42. The van der Waals surface area contributed by atoms with Crippen LogP contribution in [-0.4, -0.2) is 60.4 Å². The number of hydrogen-bond donors (Lipinski definition) is 0. The standard InChI is InChI=1S/C27H40N4O2/c1-33-20-21-13-16-30(19-21)26-27(32)31(25-12-8-7-11-24(25)28-26)23-14-17-29(18-15-23)22-9-5-3-2-4-6-10-22/h7-8,11-12,21-23H,2-6,9-10,13-20H2,1H3. The van der Waals surface area contributed by atoms with Crippen LogP contribution in [0.25, 0.3) is 11.0 Å². The molecule has 0 spiro atoms. The number of para-hydroxylation sites is 2. The Labute approximate surface area is 197 Å². The highest BCUT2D eigenvalue weighted by Gasteiger charge is 2.30. The Morgan fingerprint density at radius 1 is 0.909 bits per heavy atom. The van der Waals surface area contributed by atoms with Gasteiger partial charge < -0.3 is 19.1 Å². The van der Waals surface area contributed by atoms with Crippen LogP contribution in [0.1, 0.15) is 70.3 Å². The molecule has 180 valence electrons. The monoisotopic (exact) mass is 452 g/mol. The normalized spacial score (nSPS) is 24.3. The summed E-state index contributed by atoms with van der Waals surface area (Å²) in [7, 11) is 1.76. The number of ether oxygens (including phenoxy) is 1. The minimum absolute atomic E-state index is 0.0937. The first-order valence-corrected chi connectivity index (χ1v) is 13.2. The van der Waals surface area contributed by atoms with Crippen molar-refractivity contribution in [2.45, 2.75) is 76.3 Å². The molecule has 6 nitrogen and oxygen atoms in total. The van der Waals surface area contributed by atoms with Gasteiger partial charge in [0.15, 0.2) is 5.82 Å². The van der Waals surface area contributed by atoms with Crippen LogP contribution in [-0.2, 0) is 4.74 Å². The zero-order valence-electron chi connectivity index (χ0n) is 20.3. The lowest BCUT2D eigenvalue weighted by Crippen LogP contribution is -2.44. The molecule has 1 atom stereocenters. The van der Waals surface area contributed by atoms with Crippen LogP contribution < -0.4 is 10.5 Å². The molecule has 5 rings (SSSR count). The van der Waals surface area contributed by atoms with E-state index < -0.39 is 0 Å². The Morgan fingerprint density at radius 2 is 1.64 bits per heavy atom. The first kappa shape index (κ1) is 22.9. The van der Waals surface area contributed by atoms with E-state index in [-0.39, 0.29) is 11.6 Å². The van der Waals surface area contributed by atoms with Crippen LogP contribution in [0, 0.1) is 5.92 Å². The molecular weight excluding hydrogens is 412 g/mol. The van der Waals surface area contributed by atoms with Crippen LogP contribution in [0.5, 0.6) is 0 Å². The number of piperidine rings is 1. The van der Waals surface area contributed by atoms with Crippen LogP contribution in [0.15, 0.2) is 29.1 Å². The van der Waals surface area contributed by atoms with E-state index in [1.807, 2.05) is 12.1 Å². The highest BCUT2D eigenvalue weighted by atomic mass is 16.5. The molecule has 1 unspecified atom stereocenters. The topological polar surface area (TPSA) is 50.6 Å². The minimum atomic E-state index is 0.0937. The van der Waals surface area contributed by atoms with Crippen molar-refractivity contribution in [3.8, 4) is 0 Å². The molecule has 3 fully saturated rings. The molecule has 0 amide bonds. The number of nitrogens with zero attached hydrogens (tertiary/aromatic N) is 4. The summed E-state index contributed by atoms with van der Waals surface area (Å²) >= 11 is 0. The van der Waals surface area contributed by atoms with Gasteiger partial charge in [-0.15, -0.1) is 0 Å². The SMILES string of the molecule is COCC1CCN(c2nc3ccccc3n(C3CCN(C4CCCCCCC4)CC3)c2=O)C1. The fourth-order valence-corrected chi connectivity index (χ4v) is 6.42. The zero-order chi connectivity index (χ0) is 22.6. The van der Waals surface area contributed by atoms with Gasteiger partial charge in [0.25, 0.3) is 5.56 Å². The van der Waals surface area contributed by atoms with E-state index in [2.05, 4.69) is 26.5 Å². The lowest BCUT2D eigenvalue weighted by atomic mass is 9.93. The summed E-state index contributed by atoms with van der Waals surface area (Å²) in [4.78, 5) is 23.6. The Morgan fingerprint density at radius 3 is 2.39 bits per heavy atom. The second kappa shape index (κ2) is 10.6. The summed E-state index contributed by atoms with van der Waals surface area (Å²) in [6.07, 6.45) is 12.8. The van der Waals surface area contributed by atoms with Gasteiger partial charge in [-0.05, 0) is 44.2 Å². The van der Waals surface area contributed by atoms with E-state index in [1.54, 1.807) is 7.11 Å². The molecule has 0 radical (unpaired) electrons. The largest absolute Gasteiger partial charge is 0.384 e. The van der Waals surface area contributed by atoms with E-state index in [4.69, 9.17) is 9.72 Å². The molecule has 0 N–H and O–H groups in total. The summed E-state index contributed by atoms with van der Waals surface area (Å²) in [5.74, 6) is 1.11. The van der Waals surface area contributed by atoms with Crippen LogP contribution in [0.3, 0.4) is 0 Å². The second-order valence-corrected chi connectivity index (χ2v) is 10.4. The Balaban J connectivity index is 1.38. The second-order valence-electron chi connectivity index (χ2n) is 10.4. The Hall–Kier alpha value is -1.92. The quantitative estimate of drug-likeness (QED) is 0.663. The summed E-state index contributed by atoms with van der Waals surface area (Å²) in [5, 5.41) is 0. The van der Waals surface area contributed by atoms with Crippen LogP contribution in [0.2, 0.25) is 0 Å². The van der Waals surface area contributed by atoms with Crippen LogP contribution >= 0.6 is 0 Å². The van der Waals surface area contributed by atoms with Gasteiger partial charge >= 0.3 is 0 Å². The van der Waals surface area contributed by atoms with Crippen LogP contribution in [0.4, 0.5) is 5.82 Å². The van der Waals surface area contributed by atoms with Gasteiger partial charge in [-0.3, -0.25) is 4.79 Å². The molecule has 2 aromatic rings. The molecule has 1 aromatic carbocycles. The van der Waals surface area contributed by atoms with Crippen molar-refractivity contribution in [3.05, 3.63) is 34.6 Å². The number of aromatic nitrogens is 2. The van der Waals surface area contributed by atoms with Gasteiger partial charge in [0, 0.05) is 51.3 Å². The van der Waals surface area contributed by atoms with Crippen molar-refractivity contribution in [3.63, 3.8) is 0 Å². The molecule has 3 heterocycles. The summed E-state index contributed by atoms with van der Waals surface area (Å²) in [6, 6.07) is 9.20. The van der Waals surface area contributed by atoms with E-state index in [9.17, 15) is 4.79 Å². The first-order valence-electron chi connectivity index (χ1n) is 13.2. The average molecular weight is 453 g/mol. The number of fused-ring (bicyclic) bond motifs is 1. The summed E-state index contributed by atoms with van der Waals surface area (Å²) in [6.45, 7) is 4.70. The number of rotatable bonds is 5. The van der Waals surface area contributed by atoms with Crippen molar-refractivity contribution >= 4 is 16.9 Å². The zero-order valence-corrected chi connectivity index (χ0v) is 20.3. The highest BCUT2D eigenvalue weighted by molar-refractivity contribution is 5.76. The van der Waals surface area contributed by atoms with Crippen molar-refractivity contribution in [1.29, 1.82) is 0 Å². The number of methoxy groups -OCH3 is 1. The number of hydrogen-bond acceptors (Lipinski definition) is 5. The molecule has 3 aliphatic rings. The maximum Gasteiger partial charge on any atom is 0.294 e. The molecule has 2 saturated heterocycles. The van der Waals surface area contributed by atoms with Gasteiger partial charge in [0.05, 0.1) is 17.6 Å². The molecule has 33 heavy (non-hydrogen) atoms. The lowest BCUT2D eigenvalue weighted by molar-refractivity contribution is 0.116. The minimum Gasteiger partial charge on any atom is -0.384 e. The Kier molecular flexibility index (Phi) is 7.31. The van der Waals surface area contributed by atoms with Crippen molar-refractivity contribution < 1.29 is 4.74 Å². The molecule has 6 heteroatoms. The summed E-state index contributed by atoms with van der Waals surface area (Å²) in [5.41, 5.74) is 2.02. The highest BCUT2D eigenvalue weighted by Crippen LogP contribution is 2.30. The van der Waals surface area contributed by atoms with E-state index in [1.165, 1.54) is 44.9 Å². The predicted octanol–water partition coefficient (Wildman–Crippen LogP) is 4.62. The van der Waals surface area contributed by atoms with Crippen molar-refractivity contribution in [2.75, 3.05) is 44.8 Å². The maximum atomic E-state index is 13.8. The van der Waals surface area contributed by atoms with Crippen molar-refractivity contribution in [2.24, 2.45) is 5.92 Å². The molecule has 0 bridgehead atoms. The maximum absolute atomic E-state index is 13.8. The smallest absolute Gasteiger partial charge is 0.294 e. The van der Waals surface area contributed by atoms with Gasteiger partial charge in [-0.25, -0.2) is 4.98 Å². The molecule has 1 aliphatic carbocycles. The fraction of sp³-hybridized carbons (Fsp3) is 0.704. The molecule has 1 aromatic heterocycles. The third kappa shape index (κ3) is 4.97. The Bertz CT molecular complexity index is 974. The predicted molar refractivity (Wildman–Crippen MR) is 134 cm³/mol. The number of benzene rings is 1. The van der Waals surface area contributed by atoms with Gasteiger partial charge in [0.1, 0.15) is 0 Å². The molecule has 1 saturated carbocycles. The van der Waals surface area contributed by atoms with E-state index in [0.717, 1.165) is 69.1 Å². The molecule has 2 aliphatic heterocycles. The number of likely N-dealkylation sites (tertiary alicyclic amines) is 1. The van der Waals surface area contributed by atoms with Crippen molar-refractivity contribution in [1.82, 2.24) is 14.5 Å². The third-order valence-electron chi connectivity index (χ3n) is 8.22.